The van der Waals surface area contributed by atoms with Crippen molar-refractivity contribution in [1.82, 2.24) is 4.90 Å². The molecular formula is C8H10Cl3NO2. The van der Waals surface area contributed by atoms with Gasteiger partial charge in [0, 0.05) is 19.0 Å². The molecule has 0 aromatic carbocycles. The van der Waals surface area contributed by atoms with Gasteiger partial charge in [0.2, 0.25) is 0 Å². The highest BCUT2D eigenvalue weighted by Crippen LogP contribution is 2.32. The van der Waals surface area contributed by atoms with Crippen LogP contribution < -0.4 is 0 Å². The van der Waals surface area contributed by atoms with Crippen LogP contribution in [0, 0.1) is 0 Å². The molecule has 1 aliphatic rings. The number of hydrogen-bond donors (Lipinski definition) is 0. The van der Waals surface area contributed by atoms with E-state index in [0.717, 1.165) is 19.1 Å². The SMILES string of the molecule is O=CC[C@@H]1CCCN1C(=O)C(Cl)(Cl)Cl. The molecule has 0 aliphatic carbocycles. The summed E-state index contributed by atoms with van der Waals surface area (Å²) in [6.07, 6.45) is 2.75. The van der Waals surface area contributed by atoms with Gasteiger partial charge in [0.25, 0.3) is 9.70 Å². The van der Waals surface area contributed by atoms with Crippen LogP contribution in [-0.4, -0.2) is 33.5 Å². The Kier molecular flexibility index (Phi) is 4.04. The van der Waals surface area contributed by atoms with Crippen molar-refractivity contribution in [1.29, 1.82) is 0 Å². The topological polar surface area (TPSA) is 37.4 Å². The molecular weight excluding hydrogens is 248 g/mol. The van der Waals surface area contributed by atoms with Gasteiger partial charge in [0.1, 0.15) is 6.29 Å². The van der Waals surface area contributed by atoms with Crippen molar-refractivity contribution in [3.63, 3.8) is 0 Å². The molecule has 0 bridgehead atoms. The lowest BCUT2D eigenvalue weighted by Gasteiger charge is -2.26. The van der Waals surface area contributed by atoms with E-state index in [2.05, 4.69) is 0 Å². The van der Waals surface area contributed by atoms with Crippen LogP contribution in [0.4, 0.5) is 0 Å². The van der Waals surface area contributed by atoms with Crippen LogP contribution in [-0.2, 0) is 9.59 Å². The number of hydrogen-bond acceptors (Lipinski definition) is 2. The van der Waals surface area contributed by atoms with Crippen molar-refractivity contribution in [3.8, 4) is 0 Å². The van der Waals surface area contributed by atoms with Gasteiger partial charge in [0.15, 0.2) is 0 Å². The van der Waals surface area contributed by atoms with E-state index in [0.29, 0.717) is 13.0 Å². The van der Waals surface area contributed by atoms with Gasteiger partial charge < -0.3 is 9.69 Å². The summed E-state index contributed by atoms with van der Waals surface area (Å²) >= 11 is 16.4. The molecule has 0 unspecified atom stereocenters. The van der Waals surface area contributed by atoms with Gasteiger partial charge in [0.05, 0.1) is 0 Å². The molecule has 1 saturated heterocycles. The lowest BCUT2D eigenvalue weighted by atomic mass is 10.1. The number of rotatable bonds is 2. The van der Waals surface area contributed by atoms with Gasteiger partial charge in [-0.15, -0.1) is 0 Å². The average molecular weight is 259 g/mol. The molecule has 14 heavy (non-hydrogen) atoms. The molecule has 80 valence electrons. The number of likely N-dealkylation sites (tertiary alicyclic amines) is 1. The Balaban J connectivity index is 2.67. The number of nitrogens with zero attached hydrogens (tertiary/aromatic N) is 1. The second-order valence-corrected chi connectivity index (χ2v) is 5.48. The summed E-state index contributed by atoms with van der Waals surface area (Å²) < 4.78 is -1.91. The minimum Gasteiger partial charge on any atom is -0.336 e. The molecule has 0 radical (unpaired) electrons. The van der Waals surface area contributed by atoms with Gasteiger partial charge in [-0.3, -0.25) is 4.79 Å². The summed E-state index contributed by atoms with van der Waals surface area (Å²) in [5.41, 5.74) is 0. The molecule has 0 spiro atoms. The number of amides is 1. The molecule has 0 aromatic rings. The van der Waals surface area contributed by atoms with Crippen molar-refractivity contribution in [2.75, 3.05) is 6.54 Å². The number of aldehydes is 1. The maximum Gasteiger partial charge on any atom is 0.274 e. The molecule has 1 atom stereocenters. The van der Waals surface area contributed by atoms with Gasteiger partial charge in [-0.05, 0) is 12.8 Å². The molecule has 1 aliphatic heterocycles. The zero-order valence-electron chi connectivity index (χ0n) is 7.38. The van der Waals surface area contributed by atoms with Crippen molar-refractivity contribution in [2.45, 2.75) is 29.1 Å². The number of alkyl halides is 3. The van der Waals surface area contributed by atoms with Crippen molar-refractivity contribution >= 4 is 47.0 Å². The molecule has 1 amide bonds. The fourth-order valence-corrected chi connectivity index (χ4v) is 1.95. The highest BCUT2D eigenvalue weighted by molar-refractivity contribution is 6.76. The van der Waals surface area contributed by atoms with Crippen molar-refractivity contribution in [2.24, 2.45) is 0 Å². The third kappa shape index (κ3) is 2.75. The van der Waals surface area contributed by atoms with Crippen LogP contribution in [0.1, 0.15) is 19.3 Å². The number of halogens is 3. The molecule has 1 rings (SSSR count). The largest absolute Gasteiger partial charge is 0.336 e. The molecule has 1 fully saturated rings. The van der Waals surface area contributed by atoms with Gasteiger partial charge in [-0.2, -0.15) is 0 Å². The normalized spacial score (nSPS) is 22.5. The maximum atomic E-state index is 11.6. The Morgan fingerprint density at radius 2 is 2.14 bits per heavy atom. The molecule has 3 nitrogen and oxygen atoms in total. The van der Waals surface area contributed by atoms with E-state index in [1.54, 1.807) is 0 Å². The first-order valence-electron chi connectivity index (χ1n) is 4.28. The summed E-state index contributed by atoms with van der Waals surface area (Å²) in [5, 5.41) is 0. The van der Waals surface area contributed by atoms with E-state index in [9.17, 15) is 9.59 Å². The standard InChI is InChI=1S/C8H10Cl3NO2/c9-8(10,11)7(14)12-4-1-2-6(12)3-5-13/h5-6H,1-4H2/t6-/m0/s1. The summed E-state index contributed by atoms with van der Waals surface area (Å²) in [5.74, 6) is -0.535. The Morgan fingerprint density at radius 3 is 2.64 bits per heavy atom. The van der Waals surface area contributed by atoms with E-state index in [4.69, 9.17) is 34.8 Å². The minimum atomic E-state index is -1.91. The molecule has 1 heterocycles. The molecule has 0 aromatic heterocycles. The maximum absolute atomic E-state index is 11.6. The lowest BCUT2D eigenvalue weighted by molar-refractivity contribution is -0.131. The van der Waals surface area contributed by atoms with E-state index in [-0.39, 0.29) is 6.04 Å². The first-order valence-corrected chi connectivity index (χ1v) is 5.41. The summed E-state index contributed by atoms with van der Waals surface area (Å²) in [7, 11) is 0. The molecule has 0 saturated carbocycles. The average Bonchev–Trinajstić information content (AvgIpc) is 2.50. The van der Waals surface area contributed by atoms with Crippen LogP contribution in [0.25, 0.3) is 0 Å². The van der Waals surface area contributed by atoms with Crippen LogP contribution in [0.3, 0.4) is 0 Å². The Morgan fingerprint density at radius 1 is 1.50 bits per heavy atom. The van der Waals surface area contributed by atoms with Crippen LogP contribution in [0.5, 0.6) is 0 Å². The van der Waals surface area contributed by atoms with Crippen molar-refractivity contribution in [3.05, 3.63) is 0 Å². The predicted molar refractivity (Wildman–Crippen MR) is 55.7 cm³/mol. The summed E-state index contributed by atoms with van der Waals surface area (Å²) in [6, 6.07) is -0.101. The van der Waals surface area contributed by atoms with Gasteiger partial charge in [-0.25, -0.2) is 0 Å². The quantitative estimate of drug-likeness (QED) is 0.561. The summed E-state index contributed by atoms with van der Waals surface area (Å²) in [4.78, 5) is 23.4. The van der Waals surface area contributed by atoms with Crippen molar-refractivity contribution < 1.29 is 9.59 Å². The van der Waals surface area contributed by atoms with Gasteiger partial charge >= 0.3 is 0 Å². The van der Waals surface area contributed by atoms with Gasteiger partial charge in [-0.1, -0.05) is 34.8 Å². The smallest absolute Gasteiger partial charge is 0.274 e. The second kappa shape index (κ2) is 4.69. The third-order valence-corrected chi connectivity index (χ3v) is 2.73. The van der Waals surface area contributed by atoms with E-state index >= 15 is 0 Å². The number of carbonyl (C=O) groups is 2. The lowest BCUT2D eigenvalue weighted by Crippen LogP contribution is -2.42. The van der Waals surface area contributed by atoms with E-state index in [1.807, 2.05) is 0 Å². The monoisotopic (exact) mass is 257 g/mol. The second-order valence-electron chi connectivity index (χ2n) is 3.19. The fourth-order valence-electron chi connectivity index (χ4n) is 1.62. The number of carbonyl (C=O) groups excluding carboxylic acids is 2. The van der Waals surface area contributed by atoms with Crippen LogP contribution >= 0.6 is 34.8 Å². The summed E-state index contributed by atoms with van der Waals surface area (Å²) in [6.45, 7) is 0.561. The zero-order chi connectivity index (χ0) is 10.8. The highest BCUT2D eigenvalue weighted by Gasteiger charge is 2.39. The van der Waals surface area contributed by atoms with E-state index < -0.39 is 9.70 Å². The minimum absolute atomic E-state index is 0.101. The first kappa shape index (κ1) is 12.1. The molecule has 6 heteroatoms. The molecule has 0 N–H and O–H groups in total. The van der Waals surface area contributed by atoms with Crippen LogP contribution in [0.15, 0.2) is 0 Å². The zero-order valence-corrected chi connectivity index (χ0v) is 9.65. The fraction of sp³-hybridized carbons (Fsp3) is 0.750. The first-order chi connectivity index (χ1) is 6.46. The Labute approximate surface area is 97.3 Å². The predicted octanol–water partition coefficient (Wildman–Crippen LogP) is 1.94. The Bertz CT molecular complexity index is 239. The third-order valence-electron chi connectivity index (χ3n) is 2.25. The highest BCUT2D eigenvalue weighted by atomic mass is 35.6. The Hall–Kier alpha value is 0.01000. The van der Waals surface area contributed by atoms with Crippen LogP contribution in [0.2, 0.25) is 0 Å². The van der Waals surface area contributed by atoms with E-state index in [1.165, 1.54) is 4.90 Å².